The van der Waals surface area contributed by atoms with Crippen LogP contribution in [0.25, 0.3) is 0 Å². The van der Waals surface area contributed by atoms with E-state index in [9.17, 15) is 4.79 Å². The van der Waals surface area contributed by atoms with Gasteiger partial charge in [-0.1, -0.05) is 6.92 Å². The molecule has 4 nitrogen and oxygen atoms in total. The van der Waals surface area contributed by atoms with Gasteiger partial charge in [-0.25, -0.2) is 0 Å². The van der Waals surface area contributed by atoms with Gasteiger partial charge < -0.3 is 15.4 Å². The van der Waals surface area contributed by atoms with Crippen molar-refractivity contribution in [3.05, 3.63) is 0 Å². The predicted molar refractivity (Wildman–Crippen MR) is 64.3 cm³/mol. The topological polar surface area (TPSA) is 50.4 Å². The van der Waals surface area contributed by atoms with Crippen LogP contribution >= 0.6 is 0 Å². The summed E-state index contributed by atoms with van der Waals surface area (Å²) in [6.07, 6.45) is 1.12. The molecule has 0 bridgehead atoms. The molecule has 1 rings (SSSR count). The van der Waals surface area contributed by atoms with Gasteiger partial charge in [0.25, 0.3) is 0 Å². The summed E-state index contributed by atoms with van der Waals surface area (Å²) in [5.41, 5.74) is -0.256. The second-order valence-corrected chi connectivity index (χ2v) is 5.55. The van der Waals surface area contributed by atoms with Crippen LogP contribution in [0.3, 0.4) is 0 Å². The third-order valence-electron chi connectivity index (χ3n) is 2.81. The van der Waals surface area contributed by atoms with Crippen LogP contribution in [0, 0.1) is 5.92 Å². The Kier molecular flexibility index (Phi) is 4.74. The Morgan fingerprint density at radius 3 is 2.75 bits per heavy atom. The standard InChI is InChI=1S/C12H24N2O2/c1-9-5-6-13-7-10(9)14-11(15)8-16-12(2,3)4/h9-10,13H,5-8H2,1-4H3,(H,14,15). The monoisotopic (exact) mass is 228 g/mol. The SMILES string of the molecule is CC1CCNCC1NC(=O)COC(C)(C)C. The lowest BCUT2D eigenvalue weighted by molar-refractivity contribution is -0.131. The van der Waals surface area contributed by atoms with E-state index in [0.29, 0.717) is 5.92 Å². The molecule has 16 heavy (non-hydrogen) atoms. The second-order valence-electron chi connectivity index (χ2n) is 5.55. The first-order valence-corrected chi connectivity index (χ1v) is 6.02. The number of nitrogens with one attached hydrogen (secondary N) is 2. The zero-order chi connectivity index (χ0) is 12.2. The van der Waals surface area contributed by atoms with E-state index in [1.165, 1.54) is 0 Å². The zero-order valence-corrected chi connectivity index (χ0v) is 10.8. The van der Waals surface area contributed by atoms with Crippen molar-refractivity contribution >= 4 is 5.91 Å². The number of amides is 1. The highest BCUT2D eigenvalue weighted by molar-refractivity contribution is 5.77. The van der Waals surface area contributed by atoms with Crippen molar-refractivity contribution in [3.8, 4) is 0 Å². The lowest BCUT2D eigenvalue weighted by Crippen LogP contribution is -2.51. The molecule has 2 atom stereocenters. The maximum absolute atomic E-state index is 11.6. The van der Waals surface area contributed by atoms with Gasteiger partial charge in [0.1, 0.15) is 6.61 Å². The first-order chi connectivity index (χ1) is 7.38. The summed E-state index contributed by atoms with van der Waals surface area (Å²) in [6, 6.07) is 0.241. The van der Waals surface area contributed by atoms with Crippen molar-refractivity contribution in [3.63, 3.8) is 0 Å². The number of piperidine rings is 1. The lowest BCUT2D eigenvalue weighted by Gasteiger charge is -2.30. The quantitative estimate of drug-likeness (QED) is 0.755. The molecule has 4 heteroatoms. The van der Waals surface area contributed by atoms with Crippen molar-refractivity contribution in [1.82, 2.24) is 10.6 Å². The number of rotatable bonds is 3. The van der Waals surface area contributed by atoms with Crippen LogP contribution in [-0.4, -0.2) is 37.2 Å². The number of hydrogen-bond acceptors (Lipinski definition) is 3. The summed E-state index contributed by atoms with van der Waals surface area (Å²) < 4.78 is 5.44. The van der Waals surface area contributed by atoms with Crippen molar-refractivity contribution in [1.29, 1.82) is 0 Å². The molecule has 0 spiro atoms. The first kappa shape index (κ1) is 13.5. The number of ether oxygens (including phenoxy) is 1. The molecule has 0 radical (unpaired) electrons. The van der Waals surface area contributed by atoms with E-state index in [2.05, 4.69) is 17.6 Å². The smallest absolute Gasteiger partial charge is 0.246 e. The summed E-state index contributed by atoms with van der Waals surface area (Å²) in [5.74, 6) is 0.523. The molecular formula is C12H24N2O2. The highest BCUT2D eigenvalue weighted by Crippen LogP contribution is 2.11. The number of carbonyl (C=O) groups excluding carboxylic acids is 1. The molecular weight excluding hydrogens is 204 g/mol. The Morgan fingerprint density at radius 2 is 2.19 bits per heavy atom. The fourth-order valence-corrected chi connectivity index (χ4v) is 1.71. The van der Waals surface area contributed by atoms with Crippen LogP contribution in [0.5, 0.6) is 0 Å². The van der Waals surface area contributed by atoms with Crippen molar-refractivity contribution in [2.75, 3.05) is 19.7 Å². The average Bonchev–Trinajstić information content (AvgIpc) is 2.18. The molecule has 2 unspecified atom stereocenters. The molecule has 1 fully saturated rings. The molecule has 1 saturated heterocycles. The van der Waals surface area contributed by atoms with Crippen molar-refractivity contribution in [2.45, 2.75) is 45.8 Å². The molecule has 2 N–H and O–H groups in total. The summed E-state index contributed by atoms with van der Waals surface area (Å²) in [7, 11) is 0. The summed E-state index contributed by atoms with van der Waals surface area (Å²) in [6.45, 7) is 10.1. The largest absolute Gasteiger partial charge is 0.366 e. The van der Waals surface area contributed by atoms with Gasteiger partial charge in [-0.2, -0.15) is 0 Å². The Bertz CT molecular complexity index is 236. The first-order valence-electron chi connectivity index (χ1n) is 6.02. The van der Waals surface area contributed by atoms with Gasteiger partial charge in [0.05, 0.1) is 5.60 Å². The molecule has 1 aliphatic heterocycles. The van der Waals surface area contributed by atoms with Gasteiger partial charge in [0, 0.05) is 12.6 Å². The summed E-state index contributed by atoms with van der Waals surface area (Å²) >= 11 is 0. The molecule has 1 aliphatic rings. The van der Waals surface area contributed by atoms with Crippen LogP contribution in [0.15, 0.2) is 0 Å². The highest BCUT2D eigenvalue weighted by Gasteiger charge is 2.23. The van der Waals surface area contributed by atoms with Gasteiger partial charge in [-0.15, -0.1) is 0 Å². The number of carbonyl (C=O) groups is 1. The van der Waals surface area contributed by atoms with E-state index in [1.807, 2.05) is 20.8 Å². The van der Waals surface area contributed by atoms with E-state index in [-0.39, 0.29) is 24.2 Å². The maximum atomic E-state index is 11.6. The van der Waals surface area contributed by atoms with Crippen molar-refractivity contribution < 1.29 is 9.53 Å². The Hall–Kier alpha value is -0.610. The van der Waals surface area contributed by atoms with Gasteiger partial charge in [0.2, 0.25) is 5.91 Å². The van der Waals surface area contributed by atoms with Gasteiger partial charge in [-0.3, -0.25) is 4.79 Å². The average molecular weight is 228 g/mol. The summed E-state index contributed by atoms with van der Waals surface area (Å²) in [4.78, 5) is 11.6. The van der Waals surface area contributed by atoms with E-state index in [1.54, 1.807) is 0 Å². The fourth-order valence-electron chi connectivity index (χ4n) is 1.71. The predicted octanol–water partition coefficient (Wildman–Crippen LogP) is 0.916. The van der Waals surface area contributed by atoms with Gasteiger partial charge in [0.15, 0.2) is 0 Å². The van der Waals surface area contributed by atoms with Crippen molar-refractivity contribution in [2.24, 2.45) is 5.92 Å². The Labute approximate surface area is 98.1 Å². The molecule has 1 heterocycles. The zero-order valence-electron chi connectivity index (χ0n) is 10.8. The minimum absolute atomic E-state index is 0.0181. The molecule has 0 aromatic rings. The third kappa shape index (κ3) is 4.94. The maximum Gasteiger partial charge on any atom is 0.246 e. The van der Waals surface area contributed by atoms with E-state index in [4.69, 9.17) is 4.74 Å². The molecule has 0 aromatic carbocycles. The van der Waals surface area contributed by atoms with Crippen LogP contribution in [-0.2, 0) is 9.53 Å². The Balaban J connectivity index is 2.28. The molecule has 0 aromatic heterocycles. The van der Waals surface area contributed by atoms with Crippen LogP contribution in [0.4, 0.5) is 0 Å². The Morgan fingerprint density at radius 1 is 1.50 bits per heavy atom. The van der Waals surface area contributed by atoms with Gasteiger partial charge >= 0.3 is 0 Å². The van der Waals surface area contributed by atoms with E-state index in [0.717, 1.165) is 19.5 Å². The minimum atomic E-state index is -0.256. The van der Waals surface area contributed by atoms with Crippen LogP contribution in [0.2, 0.25) is 0 Å². The van der Waals surface area contributed by atoms with E-state index < -0.39 is 0 Å². The number of hydrogen-bond donors (Lipinski definition) is 2. The lowest BCUT2D eigenvalue weighted by atomic mass is 9.95. The third-order valence-corrected chi connectivity index (χ3v) is 2.81. The molecule has 94 valence electrons. The molecule has 1 amide bonds. The van der Waals surface area contributed by atoms with Crippen LogP contribution in [0.1, 0.15) is 34.1 Å². The highest BCUT2D eigenvalue weighted by atomic mass is 16.5. The molecule has 0 aliphatic carbocycles. The second kappa shape index (κ2) is 5.64. The molecule has 0 saturated carbocycles. The van der Waals surface area contributed by atoms with Crippen LogP contribution < -0.4 is 10.6 Å². The van der Waals surface area contributed by atoms with Gasteiger partial charge in [-0.05, 0) is 39.7 Å². The normalized spacial score (nSPS) is 26.5. The summed E-state index contributed by atoms with van der Waals surface area (Å²) in [5, 5.41) is 6.30. The fraction of sp³-hybridized carbons (Fsp3) is 0.917. The minimum Gasteiger partial charge on any atom is -0.366 e. The van der Waals surface area contributed by atoms with E-state index >= 15 is 0 Å².